The number of aryl methyl sites for hydroxylation is 1. The third-order valence-electron chi connectivity index (χ3n) is 4.70. The van der Waals surface area contributed by atoms with E-state index in [0.29, 0.717) is 6.54 Å². The summed E-state index contributed by atoms with van der Waals surface area (Å²) in [6, 6.07) is 25.1. The van der Waals surface area contributed by atoms with Crippen LogP contribution >= 0.6 is 0 Å². The first-order valence-electron chi connectivity index (χ1n) is 9.33. The molecule has 0 aliphatic carbocycles. The van der Waals surface area contributed by atoms with E-state index in [1.807, 2.05) is 84.7 Å². The Morgan fingerprint density at radius 2 is 1.64 bits per heavy atom. The number of methoxy groups -OCH3 is 1. The van der Waals surface area contributed by atoms with Crippen molar-refractivity contribution in [2.24, 2.45) is 0 Å². The molecule has 28 heavy (non-hydrogen) atoms. The van der Waals surface area contributed by atoms with Gasteiger partial charge in [-0.1, -0.05) is 66.2 Å². The second kappa shape index (κ2) is 9.20. The lowest BCUT2D eigenvalue weighted by Gasteiger charge is -2.28. The van der Waals surface area contributed by atoms with Gasteiger partial charge in [-0.3, -0.25) is 9.69 Å². The van der Waals surface area contributed by atoms with Crippen LogP contribution in [-0.4, -0.2) is 25.0 Å². The molecule has 144 valence electrons. The fourth-order valence-corrected chi connectivity index (χ4v) is 3.36. The van der Waals surface area contributed by atoms with E-state index in [2.05, 4.69) is 18.3 Å². The first-order valence-corrected chi connectivity index (χ1v) is 9.33. The Morgan fingerprint density at radius 3 is 2.29 bits per heavy atom. The monoisotopic (exact) mass is 374 g/mol. The number of nitrogens with one attached hydrogen (secondary N) is 1. The molecule has 3 aromatic rings. The third kappa shape index (κ3) is 4.78. The Labute approximate surface area is 166 Å². The molecule has 1 N–H and O–H groups in total. The standard InChI is InChI=1S/C24H26N2O2/c1-18-14-15-22(28-3)20(16-18)17-26(2)23(19-10-6-4-7-11-19)24(27)25-21-12-8-5-9-13-21/h4-16,23H,17H2,1-3H3,(H,25,27). The first kappa shape index (κ1) is 19.6. The van der Waals surface area contributed by atoms with Crippen LogP contribution in [0.4, 0.5) is 5.69 Å². The lowest BCUT2D eigenvalue weighted by molar-refractivity contribution is -0.121. The van der Waals surface area contributed by atoms with Gasteiger partial charge < -0.3 is 10.1 Å². The SMILES string of the molecule is COc1ccc(C)cc1CN(C)C(C(=O)Nc1ccccc1)c1ccccc1. The Balaban J connectivity index is 1.88. The van der Waals surface area contributed by atoms with Crippen molar-refractivity contribution < 1.29 is 9.53 Å². The highest BCUT2D eigenvalue weighted by Gasteiger charge is 2.26. The van der Waals surface area contributed by atoms with Gasteiger partial charge in [0.25, 0.3) is 0 Å². The summed E-state index contributed by atoms with van der Waals surface area (Å²) in [4.78, 5) is 15.2. The molecule has 1 atom stereocenters. The zero-order valence-corrected chi connectivity index (χ0v) is 16.6. The Kier molecular flexibility index (Phi) is 6.45. The number of anilines is 1. The number of hydrogen-bond acceptors (Lipinski definition) is 3. The van der Waals surface area contributed by atoms with Crippen LogP contribution in [0.3, 0.4) is 0 Å². The van der Waals surface area contributed by atoms with Gasteiger partial charge in [0, 0.05) is 17.8 Å². The summed E-state index contributed by atoms with van der Waals surface area (Å²) in [5.74, 6) is 0.763. The van der Waals surface area contributed by atoms with Gasteiger partial charge in [-0.2, -0.15) is 0 Å². The van der Waals surface area contributed by atoms with Crippen LogP contribution in [0, 0.1) is 6.92 Å². The molecule has 1 amide bonds. The van der Waals surface area contributed by atoms with Gasteiger partial charge in [-0.05, 0) is 37.7 Å². The van der Waals surface area contributed by atoms with Crippen LogP contribution in [0.2, 0.25) is 0 Å². The number of para-hydroxylation sites is 1. The van der Waals surface area contributed by atoms with E-state index >= 15 is 0 Å². The summed E-state index contributed by atoms with van der Waals surface area (Å²) < 4.78 is 5.52. The molecule has 0 saturated heterocycles. The minimum Gasteiger partial charge on any atom is -0.496 e. The van der Waals surface area contributed by atoms with E-state index in [4.69, 9.17) is 4.74 Å². The van der Waals surface area contributed by atoms with Crippen LogP contribution in [0.25, 0.3) is 0 Å². The molecule has 0 aromatic heterocycles. The molecule has 0 fully saturated rings. The topological polar surface area (TPSA) is 41.6 Å². The number of amides is 1. The number of benzene rings is 3. The maximum absolute atomic E-state index is 13.2. The maximum Gasteiger partial charge on any atom is 0.246 e. The van der Waals surface area contributed by atoms with Crippen molar-refractivity contribution in [2.45, 2.75) is 19.5 Å². The Morgan fingerprint density at radius 1 is 1.00 bits per heavy atom. The highest BCUT2D eigenvalue weighted by molar-refractivity contribution is 5.95. The molecular formula is C24H26N2O2. The van der Waals surface area contributed by atoms with Gasteiger partial charge in [-0.25, -0.2) is 0 Å². The number of likely N-dealkylation sites (N-methyl/N-ethyl adjacent to an activating group) is 1. The van der Waals surface area contributed by atoms with E-state index in [9.17, 15) is 4.79 Å². The van der Waals surface area contributed by atoms with Crippen molar-refractivity contribution in [1.29, 1.82) is 0 Å². The zero-order valence-electron chi connectivity index (χ0n) is 16.6. The number of ether oxygens (including phenoxy) is 1. The molecule has 4 heteroatoms. The quantitative estimate of drug-likeness (QED) is 0.645. The number of hydrogen-bond donors (Lipinski definition) is 1. The van der Waals surface area contributed by atoms with Crippen LogP contribution in [0.15, 0.2) is 78.9 Å². The number of carbonyl (C=O) groups excluding carboxylic acids is 1. The van der Waals surface area contributed by atoms with Crippen LogP contribution < -0.4 is 10.1 Å². The average molecular weight is 374 g/mol. The van der Waals surface area contributed by atoms with Crippen molar-refractivity contribution in [3.05, 3.63) is 95.6 Å². The number of carbonyl (C=O) groups is 1. The Bertz CT molecular complexity index is 910. The van der Waals surface area contributed by atoms with Crippen LogP contribution in [0.1, 0.15) is 22.7 Å². The summed E-state index contributed by atoms with van der Waals surface area (Å²) >= 11 is 0. The molecule has 0 saturated carbocycles. The summed E-state index contributed by atoms with van der Waals surface area (Å²) in [7, 11) is 3.63. The molecule has 0 aliphatic heterocycles. The fraction of sp³-hybridized carbons (Fsp3) is 0.208. The van der Waals surface area contributed by atoms with E-state index in [-0.39, 0.29) is 5.91 Å². The van der Waals surface area contributed by atoms with Crippen LogP contribution in [-0.2, 0) is 11.3 Å². The number of rotatable bonds is 7. The van der Waals surface area contributed by atoms with Crippen molar-refractivity contribution in [1.82, 2.24) is 4.90 Å². The highest BCUT2D eigenvalue weighted by atomic mass is 16.5. The average Bonchev–Trinajstić information content (AvgIpc) is 2.70. The Hall–Kier alpha value is -3.11. The predicted octanol–water partition coefficient (Wildman–Crippen LogP) is 4.82. The first-order chi connectivity index (χ1) is 13.6. The van der Waals surface area contributed by atoms with E-state index in [1.165, 1.54) is 0 Å². The van der Waals surface area contributed by atoms with Crippen molar-refractivity contribution in [2.75, 3.05) is 19.5 Å². The van der Waals surface area contributed by atoms with Crippen LogP contribution in [0.5, 0.6) is 5.75 Å². The highest BCUT2D eigenvalue weighted by Crippen LogP contribution is 2.27. The van der Waals surface area contributed by atoms with Gasteiger partial charge in [0.2, 0.25) is 5.91 Å². The van der Waals surface area contributed by atoms with Crippen molar-refractivity contribution >= 4 is 11.6 Å². The van der Waals surface area contributed by atoms with E-state index < -0.39 is 6.04 Å². The molecule has 1 unspecified atom stereocenters. The molecule has 0 radical (unpaired) electrons. The minimum atomic E-state index is -0.424. The predicted molar refractivity (Wildman–Crippen MR) is 113 cm³/mol. The van der Waals surface area contributed by atoms with Crippen molar-refractivity contribution in [3.8, 4) is 5.75 Å². The lowest BCUT2D eigenvalue weighted by atomic mass is 10.0. The molecule has 3 rings (SSSR count). The lowest BCUT2D eigenvalue weighted by Crippen LogP contribution is -2.34. The molecule has 0 spiro atoms. The van der Waals surface area contributed by atoms with Crippen molar-refractivity contribution in [3.63, 3.8) is 0 Å². The fourth-order valence-electron chi connectivity index (χ4n) is 3.36. The summed E-state index contributed by atoms with van der Waals surface area (Å²) in [5, 5.41) is 3.04. The summed E-state index contributed by atoms with van der Waals surface area (Å²) in [6.45, 7) is 2.65. The molecule has 4 nitrogen and oxygen atoms in total. The van der Waals surface area contributed by atoms with Gasteiger partial charge in [-0.15, -0.1) is 0 Å². The normalized spacial score (nSPS) is 11.9. The molecular weight excluding hydrogens is 348 g/mol. The van der Waals surface area contributed by atoms with E-state index in [0.717, 1.165) is 28.1 Å². The number of nitrogens with zero attached hydrogens (tertiary/aromatic N) is 1. The van der Waals surface area contributed by atoms with Gasteiger partial charge in [0.1, 0.15) is 11.8 Å². The molecule has 0 bridgehead atoms. The second-order valence-corrected chi connectivity index (χ2v) is 6.90. The van der Waals surface area contributed by atoms with Gasteiger partial charge in [0.05, 0.1) is 7.11 Å². The summed E-state index contributed by atoms with van der Waals surface area (Å²) in [5.41, 5.74) is 3.95. The van der Waals surface area contributed by atoms with Gasteiger partial charge in [0.15, 0.2) is 0 Å². The summed E-state index contributed by atoms with van der Waals surface area (Å²) in [6.07, 6.45) is 0. The zero-order chi connectivity index (χ0) is 19.9. The third-order valence-corrected chi connectivity index (χ3v) is 4.70. The maximum atomic E-state index is 13.2. The second-order valence-electron chi connectivity index (χ2n) is 6.90. The molecule has 0 heterocycles. The minimum absolute atomic E-state index is 0.0634. The van der Waals surface area contributed by atoms with Gasteiger partial charge >= 0.3 is 0 Å². The molecule has 0 aliphatic rings. The smallest absolute Gasteiger partial charge is 0.246 e. The largest absolute Gasteiger partial charge is 0.496 e. The van der Waals surface area contributed by atoms with E-state index in [1.54, 1.807) is 7.11 Å². The molecule has 3 aromatic carbocycles.